The van der Waals surface area contributed by atoms with Crippen molar-refractivity contribution in [2.75, 3.05) is 7.05 Å². The number of aromatic nitrogens is 2. The van der Waals surface area contributed by atoms with Gasteiger partial charge in [-0.15, -0.1) is 0 Å². The third-order valence-electron chi connectivity index (χ3n) is 9.12. The van der Waals surface area contributed by atoms with E-state index in [0.717, 1.165) is 40.8 Å². The monoisotopic (exact) mass is 526 g/mol. The smallest absolute Gasteiger partial charge is 0.251 e. The zero-order chi connectivity index (χ0) is 25.6. The fourth-order valence-electron chi connectivity index (χ4n) is 6.64. The van der Waals surface area contributed by atoms with Gasteiger partial charge >= 0.3 is 0 Å². The Kier molecular flexibility index (Phi) is 6.21. The molecule has 6 nitrogen and oxygen atoms in total. The van der Waals surface area contributed by atoms with Gasteiger partial charge < -0.3 is 15.0 Å². The molecule has 0 spiro atoms. The number of H-pyrrole nitrogens is 1. The topological polar surface area (TPSA) is 70.2 Å². The predicted octanol–water partition coefficient (Wildman–Crippen LogP) is 6.57. The van der Waals surface area contributed by atoms with Crippen LogP contribution < -0.4 is 10.1 Å². The van der Waals surface area contributed by atoms with E-state index in [4.69, 9.17) is 4.74 Å². The molecule has 4 atom stereocenters. The van der Waals surface area contributed by atoms with E-state index in [-0.39, 0.29) is 11.9 Å². The number of rotatable bonds is 7. The minimum Gasteiger partial charge on any atom is -0.490 e. The molecule has 7 rings (SSSR count). The summed E-state index contributed by atoms with van der Waals surface area (Å²) >= 11 is 1.68. The molecule has 7 heteroatoms. The van der Waals surface area contributed by atoms with E-state index in [1.165, 1.54) is 37.7 Å². The standard InChI is InChI=1S/C31H34N4O2S/c1-35-23-8-9-24(35)17-26(16-23)37-25-10-5-20(6-11-25)30-27-15-21(7-12-28(27)33-34-30)31(36)32-29(19-3-2-4-19)22-13-14-38-18-22/h5-7,10-15,18-19,23-24,26,29H,2-4,8-9,16-17H2,1H3,(H,32,36)(H,33,34)/t23-,24+,26?,29?. The van der Waals surface area contributed by atoms with E-state index in [0.29, 0.717) is 29.7 Å². The molecule has 2 aromatic heterocycles. The highest BCUT2D eigenvalue weighted by Crippen LogP contribution is 2.39. The Labute approximate surface area is 227 Å². The number of benzene rings is 2. The number of carbonyl (C=O) groups is 1. The lowest BCUT2D eigenvalue weighted by Gasteiger charge is -2.36. The van der Waals surface area contributed by atoms with Crippen molar-refractivity contribution < 1.29 is 9.53 Å². The molecule has 2 N–H and O–H groups in total. The highest BCUT2D eigenvalue weighted by molar-refractivity contribution is 7.08. The van der Waals surface area contributed by atoms with Crippen LogP contribution in [0.15, 0.2) is 59.3 Å². The summed E-state index contributed by atoms with van der Waals surface area (Å²) in [4.78, 5) is 15.9. The normalized spacial score (nSPS) is 24.3. The summed E-state index contributed by atoms with van der Waals surface area (Å²) in [6.07, 6.45) is 8.68. The van der Waals surface area contributed by atoms with Crippen molar-refractivity contribution in [1.82, 2.24) is 20.4 Å². The second-order valence-corrected chi connectivity index (χ2v) is 12.1. The molecule has 4 heterocycles. The average molecular weight is 527 g/mol. The Morgan fingerprint density at radius 3 is 2.55 bits per heavy atom. The molecule has 3 fully saturated rings. The SMILES string of the molecule is CN1[C@@H]2CC[C@H]1CC(Oc1ccc(-c3n[nH]c4ccc(C(=O)NC(c5ccsc5)C5CCC5)cc34)cc1)C2. The number of aromatic amines is 1. The van der Waals surface area contributed by atoms with Crippen molar-refractivity contribution in [2.45, 2.75) is 69.2 Å². The molecule has 1 amide bonds. The molecule has 4 aromatic rings. The van der Waals surface area contributed by atoms with Crippen LogP contribution in [0.2, 0.25) is 0 Å². The van der Waals surface area contributed by atoms with Crippen LogP contribution in [0.5, 0.6) is 5.75 Å². The van der Waals surface area contributed by atoms with Crippen molar-refractivity contribution in [3.8, 4) is 17.0 Å². The lowest BCUT2D eigenvalue weighted by Crippen LogP contribution is -2.43. The average Bonchev–Trinajstić information content (AvgIpc) is 3.62. The number of carbonyl (C=O) groups excluding carboxylic acids is 1. The minimum atomic E-state index is -0.0296. The molecule has 2 aliphatic heterocycles. The first-order valence-corrected chi connectivity index (χ1v) is 14.9. The first-order chi connectivity index (χ1) is 18.6. The first kappa shape index (κ1) is 23.9. The van der Waals surface area contributed by atoms with Gasteiger partial charge in [-0.05, 0) is 116 Å². The second-order valence-electron chi connectivity index (χ2n) is 11.3. The van der Waals surface area contributed by atoms with E-state index >= 15 is 0 Å². The number of amides is 1. The molecular weight excluding hydrogens is 492 g/mol. The quantitative estimate of drug-likeness (QED) is 0.286. The highest BCUT2D eigenvalue weighted by atomic mass is 32.1. The number of fused-ring (bicyclic) bond motifs is 3. The number of ether oxygens (including phenoxy) is 1. The van der Waals surface area contributed by atoms with Crippen LogP contribution in [0.3, 0.4) is 0 Å². The van der Waals surface area contributed by atoms with Crippen LogP contribution in [0.1, 0.15) is 66.9 Å². The van der Waals surface area contributed by atoms with Gasteiger partial charge in [0.2, 0.25) is 0 Å². The predicted molar refractivity (Wildman–Crippen MR) is 152 cm³/mol. The van der Waals surface area contributed by atoms with Gasteiger partial charge in [0, 0.05) is 28.6 Å². The largest absolute Gasteiger partial charge is 0.490 e. The van der Waals surface area contributed by atoms with Gasteiger partial charge in [0.05, 0.1) is 17.3 Å². The molecule has 1 aliphatic carbocycles. The van der Waals surface area contributed by atoms with Crippen molar-refractivity contribution in [1.29, 1.82) is 0 Å². The summed E-state index contributed by atoms with van der Waals surface area (Å²) in [5, 5.41) is 16.3. The van der Waals surface area contributed by atoms with Crippen LogP contribution in [0.4, 0.5) is 0 Å². The summed E-state index contributed by atoms with van der Waals surface area (Å²) in [7, 11) is 2.26. The molecule has 2 saturated heterocycles. The summed E-state index contributed by atoms with van der Waals surface area (Å²) in [6, 6.07) is 17.6. The molecule has 3 aliphatic rings. The van der Waals surface area contributed by atoms with Gasteiger partial charge in [-0.2, -0.15) is 16.4 Å². The molecule has 196 valence electrons. The van der Waals surface area contributed by atoms with Gasteiger partial charge in [0.25, 0.3) is 5.91 Å². The molecule has 38 heavy (non-hydrogen) atoms. The van der Waals surface area contributed by atoms with Crippen molar-refractivity contribution in [2.24, 2.45) is 5.92 Å². The maximum Gasteiger partial charge on any atom is 0.251 e. The van der Waals surface area contributed by atoms with Crippen molar-refractivity contribution >= 4 is 28.1 Å². The van der Waals surface area contributed by atoms with Gasteiger partial charge in [-0.1, -0.05) is 6.42 Å². The van der Waals surface area contributed by atoms with E-state index in [1.807, 2.05) is 18.2 Å². The highest BCUT2D eigenvalue weighted by Gasteiger charge is 2.39. The second kappa shape index (κ2) is 9.86. The van der Waals surface area contributed by atoms with Gasteiger partial charge in [-0.25, -0.2) is 0 Å². The fourth-order valence-corrected chi connectivity index (χ4v) is 7.34. The summed E-state index contributed by atoms with van der Waals surface area (Å²) in [5.74, 6) is 1.41. The van der Waals surface area contributed by atoms with Crippen LogP contribution in [-0.4, -0.2) is 46.2 Å². The number of hydrogen-bond donors (Lipinski definition) is 2. The lowest BCUT2D eigenvalue weighted by atomic mass is 9.77. The molecule has 2 unspecified atom stereocenters. The Balaban J connectivity index is 1.08. The summed E-state index contributed by atoms with van der Waals surface area (Å²) < 4.78 is 6.39. The summed E-state index contributed by atoms with van der Waals surface area (Å²) in [5.41, 5.74) is 4.67. The number of nitrogens with one attached hydrogen (secondary N) is 2. The third-order valence-corrected chi connectivity index (χ3v) is 9.82. The number of thiophene rings is 1. The van der Waals surface area contributed by atoms with Crippen LogP contribution in [-0.2, 0) is 0 Å². The molecular formula is C31H34N4O2S. The fraction of sp³-hybridized carbons (Fsp3) is 0.419. The molecule has 2 aromatic carbocycles. The number of nitrogens with zero attached hydrogens (tertiary/aromatic N) is 2. The first-order valence-electron chi connectivity index (χ1n) is 13.9. The molecule has 2 bridgehead atoms. The zero-order valence-corrected chi connectivity index (χ0v) is 22.5. The summed E-state index contributed by atoms with van der Waals surface area (Å²) in [6.45, 7) is 0. The lowest BCUT2D eigenvalue weighted by molar-refractivity contribution is 0.0662. The third kappa shape index (κ3) is 4.41. The Morgan fingerprint density at radius 1 is 1.08 bits per heavy atom. The van der Waals surface area contributed by atoms with Crippen LogP contribution in [0, 0.1) is 5.92 Å². The van der Waals surface area contributed by atoms with Crippen molar-refractivity contribution in [3.05, 3.63) is 70.4 Å². The van der Waals surface area contributed by atoms with E-state index in [1.54, 1.807) is 11.3 Å². The van der Waals surface area contributed by atoms with Crippen LogP contribution >= 0.6 is 11.3 Å². The molecule has 1 saturated carbocycles. The van der Waals surface area contributed by atoms with Crippen molar-refractivity contribution in [3.63, 3.8) is 0 Å². The van der Waals surface area contributed by atoms with Gasteiger partial charge in [0.15, 0.2) is 0 Å². The van der Waals surface area contributed by atoms with E-state index in [9.17, 15) is 4.79 Å². The number of hydrogen-bond acceptors (Lipinski definition) is 5. The zero-order valence-electron chi connectivity index (χ0n) is 21.7. The van der Waals surface area contributed by atoms with E-state index < -0.39 is 0 Å². The molecule has 0 radical (unpaired) electrons. The van der Waals surface area contributed by atoms with Gasteiger partial charge in [0.1, 0.15) is 11.9 Å². The Hall–Kier alpha value is -3.16. The number of piperidine rings is 1. The van der Waals surface area contributed by atoms with E-state index in [2.05, 4.69) is 68.6 Å². The minimum absolute atomic E-state index is 0.0296. The van der Waals surface area contributed by atoms with Crippen LogP contribution in [0.25, 0.3) is 22.2 Å². The maximum atomic E-state index is 13.4. The van der Waals surface area contributed by atoms with Gasteiger partial charge in [-0.3, -0.25) is 9.89 Å². The Morgan fingerprint density at radius 2 is 1.87 bits per heavy atom. The Bertz CT molecular complexity index is 1410. The maximum absolute atomic E-state index is 13.4.